The molecule has 2 N–H and O–H groups in total. The summed E-state index contributed by atoms with van der Waals surface area (Å²) >= 11 is 3.10. The highest BCUT2D eigenvalue weighted by Crippen LogP contribution is 2.24. The second-order valence-electron chi connectivity index (χ2n) is 4.40. The van der Waals surface area contributed by atoms with Gasteiger partial charge in [-0.2, -0.15) is 0 Å². The minimum absolute atomic E-state index is 0.0620. The largest absolute Gasteiger partial charge is 0.392 e. The summed E-state index contributed by atoms with van der Waals surface area (Å²) in [5.74, 6) is -0.944. The number of benzene rings is 1. The van der Waals surface area contributed by atoms with E-state index in [9.17, 15) is 12.8 Å². The molecule has 0 saturated carbocycles. The minimum atomic E-state index is -3.98. The third kappa shape index (κ3) is 5.63. The van der Waals surface area contributed by atoms with Crippen molar-refractivity contribution in [1.29, 1.82) is 0 Å². The maximum Gasteiger partial charge on any atom is 0.243 e. The van der Waals surface area contributed by atoms with E-state index < -0.39 is 27.3 Å². The number of ether oxygens (including phenoxy) is 1. The highest BCUT2D eigenvalue weighted by molar-refractivity contribution is 9.10. The Kier molecular flexibility index (Phi) is 7.75. The molecule has 8 heteroatoms. The summed E-state index contributed by atoms with van der Waals surface area (Å²) in [6.07, 6.45) is 1.91. The summed E-state index contributed by atoms with van der Waals surface area (Å²) < 4.78 is 46.0. The van der Waals surface area contributed by atoms with E-state index in [-0.39, 0.29) is 18.7 Å². The van der Waals surface area contributed by atoms with Crippen molar-refractivity contribution >= 4 is 26.0 Å². The maximum atomic E-state index is 14.0. The molecule has 0 aromatic heterocycles. The smallest absolute Gasteiger partial charge is 0.243 e. The van der Waals surface area contributed by atoms with E-state index in [1.165, 1.54) is 6.07 Å². The second-order valence-corrected chi connectivity index (χ2v) is 7.05. The van der Waals surface area contributed by atoms with Crippen molar-refractivity contribution in [3.63, 3.8) is 0 Å². The fraction of sp³-hybridized carbons (Fsp3) is 0.538. The highest BCUT2D eigenvalue weighted by Gasteiger charge is 2.21. The van der Waals surface area contributed by atoms with Crippen LogP contribution in [0.5, 0.6) is 0 Å². The Morgan fingerprint density at radius 2 is 2.10 bits per heavy atom. The van der Waals surface area contributed by atoms with E-state index in [4.69, 9.17) is 9.84 Å². The number of aliphatic hydroxyl groups excluding tert-OH is 1. The topological polar surface area (TPSA) is 75.6 Å². The number of unbranched alkanes of at least 4 members (excludes halogenated alkanes) is 1. The number of hydrogen-bond donors (Lipinski definition) is 2. The molecule has 0 spiro atoms. The lowest BCUT2D eigenvalue weighted by Gasteiger charge is -2.10. The van der Waals surface area contributed by atoms with Gasteiger partial charge in [-0.25, -0.2) is 17.5 Å². The van der Waals surface area contributed by atoms with Crippen molar-refractivity contribution in [1.82, 2.24) is 4.72 Å². The Bertz CT molecular complexity index is 566. The van der Waals surface area contributed by atoms with Crippen molar-refractivity contribution < 1.29 is 22.7 Å². The summed E-state index contributed by atoms with van der Waals surface area (Å²) in [7, 11) is -3.98. The van der Waals surface area contributed by atoms with Crippen molar-refractivity contribution in [3.8, 4) is 0 Å². The Labute approximate surface area is 132 Å². The molecule has 1 aromatic carbocycles. The average Bonchev–Trinajstić information content (AvgIpc) is 2.44. The summed E-state index contributed by atoms with van der Waals surface area (Å²) in [5, 5.41) is 9.03. The molecule has 0 radical (unpaired) electrons. The van der Waals surface area contributed by atoms with Crippen LogP contribution >= 0.6 is 15.9 Å². The van der Waals surface area contributed by atoms with Crippen molar-refractivity contribution in [2.45, 2.75) is 31.3 Å². The molecule has 0 aliphatic heterocycles. The first-order chi connectivity index (χ1) is 9.92. The van der Waals surface area contributed by atoms with Crippen LogP contribution in [0.15, 0.2) is 21.5 Å². The molecule has 21 heavy (non-hydrogen) atoms. The first kappa shape index (κ1) is 18.5. The van der Waals surface area contributed by atoms with Gasteiger partial charge in [0.25, 0.3) is 0 Å². The lowest BCUT2D eigenvalue weighted by atomic mass is 10.2. The zero-order chi connectivity index (χ0) is 15.9. The first-order valence-corrected chi connectivity index (χ1v) is 8.86. The van der Waals surface area contributed by atoms with Crippen LogP contribution in [0.2, 0.25) is 0 Å². The predicted molar refractivity (Wildman–Crippen MR) is 80.9 cm³/mol. The summed E-state index contributed by atoms with van der Waals surface area (Å²) in [6.45, 7) is 2.31. The van der Waals surface area contributed by atoms with Crippen LogP contribution in [-0.2, 0) is 21.4 Å². The molecule has 1 aromatic rings. The quantitative estimate of drug-likeness (QED) is 0.640. The summed E-state index contributed by atoms with van der Waals surface area (Å²) in [4.78, 5) is -0.491. The van der Waals surface area contributed by atoms with Crippen LogP contribution in [0.25, 0.3) is 0 Å². The fourth-order valence-electron chi connectivity index (χ4n) is 1.60. The van der Waals surface area contributed by atoms with Gasteiger partial charge in [0.1, 0.15) is 10.7 Å². The number of hydrogen-bond acceptors (Lipinski definition) is 4. The molecule has 1 rings (SSSR count). The van der Waals surface area contributed by atoms with Gasteiger partial charge in [-0.1, -0.05) is 29.3 Å². The van der Waals surface area contributed by atoms with Crippen LogP contribution in [0.4, 0.5) is 4.39 Å². The van der Waals surface area contributed by atoms with E-state index in [1.54, 1.807) is 0 Å². The molecule has 0 aliphatic rings. The SMILES string of the molecule is CCCCOCCNS(=O)(=O)c1cc(Br)cc(CO)c1F. The Balaban J connectivity index is 2.72. The van der Waals surface area contributed by atoms with Gasteiger partial charge >= 0.3 is 0 Å². The van der Waals surface area contributed by atoms with E-state index >= 15 is 0 Å². The van der Waals surface area contributed by atoms with Gasteiger partial charge in [0.2, 0.25) is 10.0 Å². The summed E-state index contributed by atoms with van der Waals surface area (Å²) in [6, 6.07) is 2.50. The number of halogens is 2. The molecule has 0 bridgehead atoms. The van der Waals surface area contributed by atoms with Gasteiger partial charge < -0.3 is 9.84 Å². The molecule has 5 nitrogen and oxygen atoms in total. The number of nitrogens with one attached hydrogen (secondary N) is 1. The molecule has 0 aliphatic carbocycles. The van der Waals surface area contributed by atoms with Crippen LogP contribution in [0.1, 0.15) is 25.3 Å². The molecule has 0 amide bonds. The monoisotopic (exact) mass is 383 g/mol. The molecule has 0 unspecified atom stereocenters. The first-order valence-electron chi connectivity index (χ1n) is 6.58. The van der Waals surface area contributed by atoms with Gasteiger partial charge in [0.15, 0.2) is 0 Å². The van der Waals surface area contributed by atoms with Gasteiger partial charge in [-0.3, -0.25) is 0 Å². The highest BCUT2D eigenvalue weighted by atomic mass is 79.9. The number of aliphatic hydroxyl groups is 1. The lowest BCUT2D eigenvalue weighted by molar-refractivity contribution is 0.136. The minimum Gasteiger partial charge on any atom is -0.392 e. The van der Waals surface area contributed by atoms with Gasteiger partial charge in [-0.05, 0) is 18.6 Å². The van der Waals surface area contributed by atoms with Gasteiger partial charge in [0, 0.05) is 23.2 Å². The van der Waals surface area contributed by atoms with Gasteiger partial charge in [0.05, 0.1) is 13.2 Å². The average molecular weight is 384 g/mol. The summed E-state index contributed by atoms with van der Waals surface area (Å²) in [5.41, 5.74) is -0.0797. The Morgan fingerprint density at radius 3 is 2.71 bits per heavy atom. The normalized spacial score (nSPS) is 11.8. The standard InChI is InChI=1S/C13H19BrFNO4S/c1-2-3-5-20-6-4-16-21(18,19)12-8-11(14)7-10(9-17)13(12)15/h7-8,16-17H,2-6,9H2,1H3. The lowest BCUT2D eigenvalue weighted by Crippen LogP contribution is -2.28. The Hall–Kier alpha value is -0.540. The second kappa shape index (κ2) is 8.79. The molecular formula is C13H19BrFNO4S. The van der Waals surface area contributed by atoms with Crippen molar-refractivity contribution in [2.75, 3.05) is 19.8 Å². The zero-order valence-electron chi connectivity index (χ0n) is 11.7. The van der Waals surface area contributed by atoms with Crippen LogP contribution in [0.3, 0.4) is 0 Å². The maximum absolute atomic E-state index is 14.0. The molecule has 0 fully saturated rings. The van der Waals surface area contributed by atoms with Crippen molar-refractivity contribution in [2.24, 2.45) is 0 Å². The number of rotatable bonds is 9. The predicted octanol–water partition coefficient (Wildman–Crippen LogP) is 2.18. The van der Waals surface area contributed by atoms with Crippen LogP contribution in [0, 0.1) is 5.82 Å². The Morgan fingerprint density at radius 1 is 1.38 bits per heavy atom. The van der Waals surface area contributed by atoms with Crippen molar-refractivity contribution in [3.05, 3.63) is 28.0 Å². The zero-order valence-corrected chi connectivity index (χ0v) is 14.1. The van der Waals surface area contributed by atoms with E-state index in [0.717, 1.165) is 18.9 Å². The fourth-order valence-corrected chi connectivity index (χ4v) is 3.42. The third-order valence-electron chi connectivity index (χ3n) is 2.72. The molecule has 0 saturated heterocycles. The molecule has 0 heterocycles. The number of sulfonamides is 1. The molecular weight excluding hydrogens is 365 g/mol. The van der Waals surface area contributed by atoms with Gasteiger partial charge in [-0.15, -0.1) is 0 Å². The van der Waals surface area contributed by atoms with E-state index in [2.05, 4.69) is 20.7 Å². The van der Waals surface area contributed by atoms with Crippen LogP contribution < -0.4 is 4.72 Å². The molecule has 0 atom stereocenters. The van der Waals surface area contributed by atoms with Crippen LogP contribution in [-0.4, -0.2) is 33.3 Å². The molecule has 120 valence electrons. The van der Waals surface area contributed by atoms with E-state index in [0.29, 0.717) is 11.1 Å². The third-order valence-corrected chi connectivity index (χ3v) is 4.64. The van der Waals surface area contributed by atoms with E-state index in [1.807, 2.05) is 6.92 Å².